The molecular formula is C12H24N2O2. The fraction of sp³-hybridized carbons (Fsp3) is 0.917. The van der Waals surface area contributed by atoms with Gasteiger partial charge in [-0.3, -0.25) is 0 Å². The number of carbonyl (C=O) groups is 1. The van der Waals surface area contributed by atoms with E-state index < -0.39 is 5.41 Å². The molecule has 0 amide bonds. The second-order valence-corrected chi connectivity index (χ2v) is 5.79. The molecule has 0 aliphatic heterocycles. The van der Waals surface area contributed by atoms with Crippen molar-refractivity contribution in [1.82, 2.24) is 5.48 Å². The molecule has 4 heteroatoms. The van der Waals surface area contributed by atoms with Gasteiger partial charge in [0.25, 0.3) is 0 Å². The summed E-state index contributed by atoms with van der Waals surface area (Å²) in [6.45, 7) is 6.04. The molecule has 16 heavy (non-hydrogen) atoms. The Kier molecular flexibility index (Phi) is 4.33. The van der Waals surface area contributed by atoms with Crippen LogP contribution in [0.2, 0.25) is 0 Å². The number of nitrogens with one attached hydrogen (secondary N) is 1. The number of nitrogens with two attached hydrogens (primary N) is 1. The smallest absolute Gasteiger partial charge is 0.330 e. The van der Waals surface area contributed by atoms with Gasteiger partial charge in [0.05, 0.1) is 11.0 Å². The van der Waals surface area contributed by atoms with Gasteiger partial charge in [-0.2, -0.15) is 0 Å². The van der Waals surface area contributed by atoms with Crippen LogP contribution in [0.25, 0.3) is 0 Å². The minimum absolute atomic E-state index is 0.195. The van der Waals surface area contributed by atoms with Gasteiger partial charge >= 0.3 is 5.97 Å². The molecule has 1 aliphatic rings. The van der Waals surface area contributed by atoms with E-state index in [0.29, 0.717) is 6.54 Å². The standard InChI is InChI=1S/C12H24N2O2/c1-11(2,3)10(15)16-14-12(9-13)7-5-4-6-8-12/h14H,4-9,13H2,1-3H3. The second kappa shape index (κ2) is 5.15. The summed E-state index contributed by atoms with van der Waals surface area (Å²) in [4.78, 5) is 16.8. The van der Waals surface area contributed by atoms with E-state index in [-0.39, 0.29) is 11.5 Å². The van der Waals surface area contributed by atoms with E-state index in [1.807, 2.05) is 20.8 Å². The van der Waals surface area contributed by atoms with Gasteiger partial charge in [-0.05, 0) is 33.6 Å². The maximum absolute atomic E-state index is 11.6. The van der Waals surface area contributed by atoms with Crippen LogP contribution in [-0.2, 0) is 9.63 Å². The molecule has 0 heterocycles. The van der Waals surface area contributed by atoms with Crippen molar-refractivity contribution in [3.63, 3.8) is 0 Å². The third-order valence-electron chi connectivity index (χ3n) is 3.17. The third-order valence-corrected chi connectivity index (χ3v) is 3.17. The number of rotatable bonds is 3. The first-order valence-corrected chi connectivity index (χ1v) is 6.08. The third kappa shape index (κ3) is 3.46. The average Bonchev–Trinajstić information content (AvgIpc) is 2.26. The lowest BCUT2D eigenvalue weighted by atomic mass is 9.82. The molecule has 0 bridgehead atoms. The van der Waals surface area contributed by atoms with Gasteiger partial charge in [0.1, 0.15) is 0 Å². The molecule has 1 rings (SSSR count). The number of carbonyl (C=O) groups excluding carboxylic acids is 1. The van der Waals surface area contributed by atoms with Gasteiger partial charge < -0.3 is 10.6 Å². The van der Waals surface area contributed by atoms with Crippen LogP contribution < -0.4 is 11.2 Å². The predicted octanol–water partition coefficient (Wildman–Crippen LogP) is 1.74. The lowest BCUT2D eigenvalue weighted by molar-refractivity contribution is -0.167. The monoisotopic (exact) mass is 228 g/mol. The van der Waals surface area contributed by atoms with Crippen LogP contribution in [0.3, 0.4) is 0 Å². The Bertz CT molecular complexity index is 240. The van der Waals surface area contributed by atoms with Crippen molar-refractivity contribution < 1.29 is 9.63 Å². The highest BCUT2D eigenvalue weighted by molar-refractivity contribution is 5.75. The van der Waals surface area contributed by atoms with Gasteiger partial charge in [-0.1, -0.05) is 19.3 Å². The average molecular weight is 228 g/mol. The van der Waals surface area contributed by atoms with Crippen LogP contribution in [0.15, 0.2) is 0 Å². The van der Waals surface area contributed by atoms with Crippen LogP contribution in [0, 0.1) is 5.41 Å². The highest BCUT2D eigenvalue weighted by atomic mass is 16.7. The number of hydroxylamine groups is 1. The molecular weight excluding hydrogens is 204 g/mol. The molecule has 1 saturated carbocycles. The van der Waals surface area contributed by atoms with Crippen molar-refractivity contribution >= 4 is 5.97 Å². The first-order valence-electron chi connectivity index (χ1n) is 6.08. The maximum Gasteiger partial charge on any atom is 0.330 e. The summed E-state index contributed by atoms with van der Waals surface area (Å²) >= 11 is 0. The largest absolute Gasteiger partial charge is 0.370 e. The Morgan fingerprint density at radius 1 is 1.31 bits per heavy atom. The van der Waals surface area contributed by atoms with Gasteiger partial charge in [-0.25, -0.2) is 4.79 Å². The van der Waals surface area contributed by atoms with E-state index in [9.17, 15) is 4.79 Å². The molecule has 0 aromatic rings. The highest BCUT2D eigenvalue weighted by Crippen LogP contribution is 2.27. The molecule has 94 valence electrons. The summed E-state index contributed by atoms with van der Waals surface area (Å²) < 4.78 is 0. The molecule has 0 spiro atoms. The van der Waals surface area contributed by atoms with Gasteiger partial charge in [0.15, 0.2) is 0 Å². The summed E-state index contributed by atoms with van der Waals surface area (Å²) in [6.07, 6.45) is 5.52. The van der Waals surface area contributed by atoms with Crippen molar-refractivity contribution in [2.24, 2.45) is 11.1 Å². The Morgan fingerprint density at radius 2 is 1.88 bits per heavy atom. The Morgan fingerprint density at radius 3 is 2.31 bits per heavy atom. The summed E-state index contributed by atoms with van der Waals surface area (Å²) in [5.41, 5.74) is 8.03. The van der Waals surface area contributed by atoms with Crippen LogP contribution in [0.1, 0.15) is 52.9 Å². The molecule has 1 aliphatic carbocycles. The molecule has 3 N–H and O–H groups in total. The predicted molar refractivity (Wildman–Crippen MR) is 63.6 cm³/mol. The van der Waals surface area contributed by atoms with Crippen molar-refractivity contribution in [2.45, 2.75) is 58.4 Å². The van der Waals surface area contributed by atoms with E-state index >= 15 is 0 Å². The lowest BCUT2D eigenvalue weighted by Crippen LogP contribution is -2.53. The molecule has 0 unspecified atom stereocenters. The van der Waals surface area contributed by atoms with Gasteiger partial charge in [0, 0.05) is 6.54 Å². The number of hydrogen-bond donors (Lipinski definition) is 2. The molecule has 0 atom stereocenters. The Labute approximate surface area is 97.9 Å². The molecule has 4 nitrogen and oxygen atoms in total. The molecule has 0 saturated heterocycles. The van der Waals surface area contributed by atoms with Gasteiger partial charge in [-0.15, -0.1) is 5.48 Å². The van der Waals surface area contributed by atoms with Crippen molar-refractivity contribution in [1.29, 1.82) is 0 Å². The zero-order valence-electron chi connectivity index (χ0n) is 10.6. The van der Waals surface area contributed by atoms with Crippen molar-refractivity contribution in [3.05, 3.63) is 0 Å². The Hall–Kier alpha value is -0.610. The van der Waals surface area contributed by atoms with Crippen LogP contribution in [-0.4, -0.2) is 18.1 Å². The number of hydrogen-bond acceptors (Lipinski definition) is 4. The zero-order valence-corrected chi connectivity index (χ0v) is 10.6. The zero-order chi connectivity index (χ0) is 12.2. The minimum Gasteiger partial charge on any atom is -0.370 e. The maximum atomic E-state index is 11.6. The molecule has 0 aromatic carbocycles. The van der Waals surface area contributed by atoms with Crippen LogP contribution in [0.4, 0.5) is 0 Å². The first-order chi connectivity index (χ1) is 7.40. The summed E-state index contributed by atoms with van der Waals surface area (Å²) in [5, 5.41) is 0. The molecule has 0 aromatic heterocycles. The van der Waals surface area contributed by atoms with Gasteiger partial charge in [0.2, 0.25) is 0 Å². The summed E-state index contributed by atoms with van der Waals surface area (Å²) in [6, 6.07) is 0. The minimum atomic E-state index is -0.475. The second-order valence-electron chi connectivity index (χ2n) is 5.79. The van der Waals surface area contributed by atoms with E-state index in [4.69, 9.17) is 10.6 Å². The fourth-order valence-corrected chi connectivity index (χ4v) is 1.88. The first kappa shape index (κ1) is 13.5. The van der Waals surface area contributed by atoms with Crippen LogP contribution >= 0.6 is 0 Å². The highest BCUT2D eigenvalue weighted by Gasteiger charge is 2.33. The molecule has 1 fully saturated rings. The topological polar surface area (TPSA) is 64.3 Å². The quantitative estimate of drug-likeness (QED) is 0.722. The summed E-state index contributed by atoms with van der Waals surface area (Å²) in [7, 11) is 0. The molecule has 0 radical (unpaired) electrons. The Balaban J connectivity index is 2.48. The van der Waals surface area contributed by atoms with Crippen molar-refractivity contribution in [2.75, 3.05) is 6.54 Å². The van der Waals surface area contributed by atoms with Crippen LogP contribution in [0.5, 0.6) is 0 Å². The van der Waals surface area contributed by atoms with Crippen molar-refractivity contribution in [3.8, 4) is 0 Å². The van der Waals surface area contributed by atoms with E-state index in [1.54, 1.807) is 0 Å². The van der Waals surface area contributed by atoms with E-state index in [0.717, 1.165) is 25.7 Å². The lowest BCUT2D eigenvalue weighted by Gasteiger charge is -2.36. The van der Waals surface area contributed by atoms with E-state index in [2.05, 4.69) is 5.48 Å². The summed E-state index contributed by atoms with van der Waals surface area (Å²) in [5.74, 6) is -0.231. The SMILES string of the molecule is CC(C)(C)C(=O)ONC1(CN)CCCCC1. The fourth-order valence-electron chi connectivity index (χ4n) is 1.88. The normalized spacial score (nSPS) is 20.5. The van der Waals surface area contributed by atoms with E-state index in [1.165, 1.54) is 6.42 Å².